The fraction of sp³-hybridized carbons (Fsp3) is 0.310. The van der Waals surface area contributed by atoms with Crippen LogP contribution in [0.3, 0.4) is 0 Å². The van der Waals surface area contributed by atoms with Gasteiger partial charge in [0, 0.05) is 23.6 Å². The van der Waals surface area contributed by atoms with E-state index < -0.39 is 6.09 Å². The number of nitrogens with zero attached hydrogens (tertiary/aromatic N) is 2. The third-order valence-corrected chi connectivity index (χ3v) is 6.19. The molecule has 0 aliphatic rings. The number of oxazole rings is 1. The van der Waals surface area contributed by atoms with Gasteiger partial charge in [-0.2, -0.15) is 4.98 Å². The van der Waals surface area contributed by atoms with E-state index in [-0.39, 0.29) is 30.5 Å². The maximum Gasteiger partial charge on any atom is 0.404 e. The molecule has 7 nitrogen and oxygen atoms in total. The van der Waals surface area contributed by atoms with E-state index in [9.17, 15) is 9.18 Å². The van der Waals surface area contributed by atoms with Crippen LogP contribution >= 0.6 is 0 Å². The van der Waals surface area contributed by atoms with Gasteiger partial charge in [0.15, 0.2) is 5.58 Å². The molecule has 2 N–H and O–H groups in total. The fourth-order valence-corrected chi connectivity index (χ4v) is 4.35. The number of hydrogen-bond acceptors (Lipinski definition) is 6. The summed E-state index contributed by atoms with van der Waals surface area (Å²) in [5, 5.41) is 0. The van der Waals surface area contributed by atoms with Gasteiger partial charge in [0.05, 0.1) is 13.2 Å². The third-order valence-electron chi connectivity index (χ3n) is 6.19. The normalized spacial score (nSPS) is 12.3. The van der Waals surface area contributed by atoms with Crippen LogP contribution < -0.4 is 15.4 Å². The lowest BCUT2D eigenvalue weighted by atomic mass is 9.83. The standard InChI is InChI=1S/C29H32FN3O4/c1-29(2,3)26(16-17-35-27(31)34)33(28-32-23-13-7-9-15-25(23)37-28)18-20-10-5-8-14-24(20)36-19-21-11-4-6-12-22(21)30/h4-15,26H,16-19H2,1-3H3,(H2,31,34). The number of ether oxygens (including phenoxy) is 2. The highest BCUT2D eigenvalue weighted by atomic mass is 19.1. The van der Waals surface area contributed by atoms with Crippen molar-refractivity contribution in [3.63, 3.8) is 0 Å². The zero-order valence-electron chi connectivity index (χ0n) is 21.3. The van der Waals surface area contributed by atoms with Gasteiger partial charge in [-0.05, 0) is 29.7 Å². The van der Waals surface area contributed by atoms with E-state index in [0.717, 1.165) is 11.1 Å². The number of rotatable bonds is 10. The highest BCUT2D eigenvalue weighted by Gasteiger charge is 2.34. The van der Waals surface area contributed by atoms with E-state index in [4.69, 9.17) is 24.6 Å². The van der Waals surface area contributed by atoms with Gasteiger partial charge in [-0.15, -0.1) is 0 Å². The van der Waals surface area contributed by atoms with Crippen LogP contribution in [0, 0.1) is 11.2 Å². The molecule has 37 heavy (non-hydrogen) atoms. The molecule has 4 aromatic rings. The number of carbonyl (C=O) groups is 1. The number of fused-ring (bicyclic) bond motifs is 1. The van der Waals surface area contributed by atoms with Crippen molar-refractivity contribution in [3.8, 4) is 5.75 Å². The number of primary amides is 1. The van der Waals surface area contributed by atoms with Gasteiger partial charge in [0.2, 0.25) is 0 Å². The summed E-state index contributed by atoms with van der Waals surface area (Å²) in [6, 6.07) is 22.1. The molecule has 1 amide bonds. The van der Waals surface area contributed by atoms with Gasteiger partial charge in [-0.1, -0.05) is 69.3 Å². The molecule has 0 aliphatic heterocycles. The lowest BCUT2D eigenvalue weighted by Crippen LogP contribution is -2.45. The van der Waals surface area contributed by atoms with Gasteiger partial charge in [-0.3, -0.25) is 0 Å². The Balaban J connectivity index is 1.68. The molecule has 0 saturated heterocycles. The van der Waals surface area contributed by atoms with Crippen LogP contribution in [0.4, 0.5) is 15.2 Å². The number of benzene rings is 3. The van der Waals surface area contributed by atoms with Crippen LogP contribution in [0.1, 0.15) is 38.3 Å². The second-order valence-corrected chi connectivity index (χ2v) is 9.92. The molecular weight excluding hydrogens is 473 g/mol. The Morgan fingerprint density at radius 2 is 1.70 bits per heavy atom. The summed E-state index contributed by atoms with van der Waals surface area (Å²) in [5.41, 5.74) is 7.74. The Kier molecular flexibility index (Phi) is 7.96. The van der Waals surface area contributed by atoms with Crippen LogP contribution in [0.15, 0.2) is 77.2 Å². The molecular formula is C29H32FN3O4. The summed E-state index contributed by atoms with van der Waals surface area (Å²) in [6.45, 7) is 6.98. The number of amides is 1. The molecule has 8 heteroatoms. The van der Waals surface area contributed by atoms with Gasteiger partial charge in [0.1, 0.15) is 23.7 Å². The number of carbonyl (C=O) groups excluding carboxylic acids is 1. The maximum absolute atomic E-state index is 14.2. The fourth-order valence-electron chi connectivity index (χ4n) is 4.35. The minimum atomic E-state index is -0.812. The van der Waals surface area contributed by atoms with E-state index >= 15 is 0 Å². The van der Waals surface area contributed by atoms with Crippen LogP contribution in [0.2, 0.25) is 0 Å². The smallest absolute Gasteiger partial charge is 0.404 e. The molecule has 4 rings (SSSR count). The van der Waals surface area contributed by atoms with Crippen LogP contribution in [-0.2, 0) is 17.9 Å². The van der Waals surface area contributed by atoms with E-state index in [1.807, 2.05) is 48.5 Å². The predicted molar refractivity (Wildman–Crippen MR) is 141 cm³/mol. The number of para-hydroxylation sites is 3. The van der Waals surface area contributed by atoms with Crippen molar-refractivity contribution in [2.45, 2.75) is 46.4 Å². The SMILES string of the molecule is CC(C)(C)C(CCOC(N)=O)N(Cc1ccccc1OCc1ccccc1F)c1nc2ccccc2o1. The first-order valence-corrected chi connectivity index (χ1v) is 12.2. The summed E-state index contributed by atoms with van der Waals surface area (Å²) >= 11 is 0. The topological polar surface area (TPSA) is 90.8 Å². The first kappa shape index (κ1) is 26.0. The third kappa shape index (κ3) is 6.58. The van der Waals surface area contributed by atoms with E-state index in [1.54, 1.807) is 18.2 Å². The molecule has 0 spiro atoms. The molecule has 1 aromatic heterocycles. The molecule has 0 aliphatic carbocycles. The van der Waals surface area contributed by atoms with Crippen LogP contribution in [-0.4, -0.2) is 23.7 Å². The van der Waals surface area contributed by atoms with Crippen molar-refractivity contribution in [2.24, 2.45) is 11.1 Å². The molecule has 1 atom stereocenters. The first-order valence-electron chi connectivity index (χ1n) is 12.2. The van der Waals surface area contributed by atoms with E-state index in [1.165, 1.54) is 6.07 Å². The minimum Gasteiger partial charge on any atom is -0.488 e. The summed E-state index contributed by atoms with van der Waals surface area (Å²) in [7, 11) is 0. The summed E-state index contributed by atoms with van der Waals surface area (Å²) in [6.07, 6.45) is -0.309. The molecule has 0 fully saturated rings. The zero-order valence-corrected chi connectivity index (χ0v) is 21.3. The van der Waals surface area contributed by atoms with Crippen molar-refractivity contribution in [1.82, 2.24) is 4.98 Å². The van der Waals surface area contributed by atoms with Crippen LogP contribution in [0.5, 0.6) is 5.75 Å². The lowest BCUT2D eigenvalue weighted by molar-refractivity contribution is 0.142. The number of halogens is 1. The first-order chi connectivity index (χ1) is 17.7. The average Bonchev–Trinajstić information content (AvgIpc) is 3.29. The Morgan fingerprint density at radius 1 is 1.03 bits per heavy atom. The zero-order chi connectivity index (χ0) is 26.4. The Morgan fingerprint density at radius 3 is 2.41 bits per heavy atom. The van der Waals surface area contributed by atoms with Crippen molar-refractivity contribution in [2.75, 3.05) is 11.5 Å². The number of anilines is 1. The summed E-state index contributed by atoms with van der Waals surface area (Å²) < 4.78 is 31.5. The van der Waals surface area contributed by atoms with Gasteiger partial charge >= 0.3 is 6.09 Å². The summed E-state index contributed by atoms with van der Waals surface area (Å²) in [4.78, 5) is 18.1. The maximum atomic E-state index is 14.2. The molecule has 0 radical (unpaired) electrons. The Hall–Kier alpha value is -4.07. The second kappa shape index (κ2) is 11.3. The number of hydrogen-bond donors (Lipinski definition) is 1. The Labute approximate surface area is 216 Å². The minimum absolute atomic E-state index is 0.0989. The number of nitrogens with two attached hydrogens (primary N) is 1. The van der Waals surface area contributed by atoms with Gasteiger partial charge < -0.3 is 24.5 Å². The lowest BCUT2D eigenvalue weighted by Gasteiger charge is -2.39. The largest absolute Gasteiger partial charge is 0.488 e. The van der Waals surface area contributed by atoms with Crippen molar-refractivity contribution < 1.29 is 23.1 Å². The average molecular weight is 506 g/mol. The predicted octanol–water partition coefficient (Wildman–Crippen LogP) is 6.45. The monoisotopic (exact) mass is 505 g/mol. The molecule has 194 valence electrons. The molecule has 0 saturated carbocycles. The van der Waals surface area contributed by atoms with Crippen molar-refractivity contribution in [1.29, 1.82) is 0 Å². The molecule has 3 aromatic carbocycles. The van der Waals surface area contributed by atoms with Gasteiger partial charge in [0.25, 0.3) is 6.01 Å². The molecule has 1 heterocycles. The van der Waals surface area contributed by atoms with Crippen molar-refractivity contribution in [3.05, 3.63) is 89.7 Å². The highest BCUT2D eigenvalue weighted by Crippen LogP contribution is 2.35. The van der Waals surface area contributed by atoms with E-state index in [0.29, 0.717) is 35.9 Å². The quantitative estimate of drug-likeness (QED) is 0.266. The Bertz CT molecular complexity index is 1320. The summed E-state index contributed by atoms with van der Waals surface area (Å²) in [5.74, 6) is 0.322. The highest BCUT2D eigenvalue weighted by molar-refractivity contribution is 5.74. The van der Waals surface area contributed by atoms with Crippen molar-refractivity contribution >= 4 is 23.2 Å². The van der Waals surface area contributed by atoms with Crippen LogP contribution in [0.25, 0.3) is 11.1 Å². The number of aromatic nitrogens is 1. The second-order valence-electron chi connectivity index (χ2n) is 9.92. The molecule has 1 unspecified atom stereocenters. The molecule has 0 bridgehead atoms. The van der Waals surface area contributed by atoms with Gasteiger partial charge in [-0.25, -0.2) is 9.18 Å². The van der Waals surface area contributed by atoms with E-state index in [2.05, 4.69) is 25.7 Å².